The number of nitrogens with zero attached hydrogens (tertiary/aromatic N) is 1. The van der Waals surface area contributed by atoms with Crippen LogP contribution in [-0.2, 0) is 4.79 Å². The van der Waals surface area contributed by atoms with Gasteiger partial charge in [-0.15, -0.1) is 0 Å². The maximum Gasteiger partial charge on any atom is 0.223 e. The van der Waals surface area contributed by atoms with Gasteiger partial charge in [-0.3, -0.25) is 4.79 Å². The highest BCUT2D eigenvalue weighted by atomic mass is 16.2. The van der Waals surface area contributed by atoms with E-state index in [4.69, 9.17) is 5.73 Å². The fourth-order valence-electron chi connectivity index (χ4n) is 3.10. The largest absolute Gasteiger partial charge is 0.338 e. The van der Waals surface area contributed by atoms with Gasteiger partial charge in [0.2, 0.25) is 5.91 Å². The molecule has 0 aromatic heterocycles. The molecule has 17 heavy (non-hydrogen) atoms. The van der Waals surface area contributed by atoms with Crippen LogP contribution in [0.25, 0.3) is 0 Å². The predicted molar refractivity (Wildman–Crippen MR) is 69.6 cm³/mol. The zero-order valence-electron chi connectivity index (χ0n) is 10.9. The van der Waals surface area contributed by atoms with Crippen LogP contribution in [0.3, 0.4) is 0 Å². The monoisotopic (exact) mass is 238 g/mol. The van der Waals surface area contributed by atoms with Gasteiger partial charge in [-0.05, 0) is 31.6 Å². The Bertz CT molecular complexity index is 245. The second kappa shape index (κ2) is 6.39. The van der Waals surface area contributed by atoms with E-state index in [9.17, 15) is 4.79 Å². The molecule has 0 unspecified atom stereocenters. The van der Waals surface area contributed by atoms with Gasteiger partial charge in [-0.25, -0.2) is 0 Å². The summed E-state index contributed by atoms with van der Waals surface area (Å²) >= 11 is 0. The Morgan fingerprint density at radius 3 is 2.29 bits per heavy atom. The summed E-state index contributed by atoms with van der Waals surface area (Å²) in [5.41, 5.74) is 5.66. The first-order chi connectivity index (χ1) is 8.31. The second-order valence-electron chi connectivity index (χ2n) is 5.67. The van der Waals surface area contributed by atoms with Gasteiger partial charge in [0.05, 0.1) is 0 Å². The molecule has 2 saturated carbocycles. The molecular formula is C14H26N2O. The summed E-state index contributed by atoms with van der Waals surface area (Å²) in [5, 5.41) is 0. The first kappa shape index (κ1) is 12.9. The van der Waals surface area contributed by atoms with Gasteiger partial charge in [0.25, 0.3) is 0 Å². The van der Waals surface area contributed by atoms with Crippen LogP contribution >= 0.6 is 0 Å². The normalized spacial score (nSPS) is 22.2. The lowest BCUT2D eigenvalue weighted by atomic mass is 9.82. The summed E-state index contributed by atoms with van der Waals surface area (Å²) in [4.78, 5) is 14.4. The minimum atomic E-state index is 0.368. The molecule has 1 amide bonds. The lowest BCUT2D eigenvalue weighted by Crippen LogP contribution is -2.45. The number of hydrogen-bond acceptors (Lipinski definition) is 2. The van der Waals surface area contributed by atoms with E-state index in [2.05, 4.69) is 4.90 Å². The van der Waals surface area contributed by atoms with E-state index in [0.29, 0.717) is 24.4 Å². The third kappa shape index (κ3) is 3.44. The minimum Gasteiger partial charge on any atom is -0.338 e. The van der Waals surface area contributed by atoms with Gasteiger partial charge in [0, 0.05) is 25.6 Å². The second-order valence-corrected chi connectivity index (χ2v) is 5.67. The van der Waals surface area contributed by atoms with Gasteiger partial charge >= 0.3 is 0 Å². The third-order valence-corrected chi connectivity index (χ3v) is 4.39. The Morgan fingerprint density at radius 1 is 1.06 bits per heavy atom. The number of amides is 1. The smallest absolute Gasteiger partial charge is 0.223 e. The molecule has 0 aromatic rings. The van der Waals surface area contributed by atoms with Crippen molar-refractivity contribution in [3.63, 3.8) is 0 Å². The minimum absolute atomic E-state index is 0.368. The zero-order chi connectivity index (χ0) is 12.1. The van der Waals surface area contributed by atoms with Gasteiger partial charge in [-0.1, -0.05) is 25.7 Å². The van der Waals surface area contributed by atoms with Crippen LogP contribution in [0, 0.1) is 5.92 Å². The van der Waals surface area contributed by atoms with Crippen molar-refractivity contribution in [2.24, 2.45) is 11.7 Å². The van der Waals surface area contributed by atoms with E-state index < -0.39 is 0 Å². The summed E-state index contributed by atoms with van der Waals surface area (Å²) in [5.74, 6) is 1.04. The van der Waals surface area contributed by atoms with Crippen molar-refractivity contribution in [2.45, 2.75) is 63.8 Å². The molecule has 0 spiro atoms. The quantitative estimate of drug-likeness (QED) is 0.799. The molecule has 0 aliphatic heterocycles. The van der Waals surface area contributed by atoms with Crippen molar-refractivity contribution in [3.8, 4) is 0 Å². The van der Waals surface area contributed by atoms with Gasteiger partial charge in [0.1, 0.15) is 0 Å². The van der Waals surface area contributed by atoms with Crippen LogP contribution in [0.2, 0.25) is 0 Å². The molecule has 2 fully saturated rings. The molecule has 98 valence electrons. The number of carbonyl (C=O) groups excluding carboxylic acids is 1. The molecular weight excluding hydrogens is 212 g/mol. The molecule has 2 aliphatic carbocycles. The maximum absolute atomic E-state index is 12.3. The lowest BCUT2D eigenvalue weighted by molar-refractivity contribution is -0.135. The first-order valence-electron chi connectivity index (χ1n) is 7.31. The molecule has 2 rings (SSSR count). The van der Waals surface area contributed by atoms with Crippen molar-refractivity contribution in [3.05, 3.63) is 0 Å². The highest BCUT2D eigenvalue weighted by Gasteiger charge is 2.28. The summed E-state index contributed by atoms with van der Waals surface area (Å²) in [6.45, 7) is 1.36. The Morgan fingerprint density at radius 2 is 1.76 bits per heavy atom. The highest BCUT2D eigenvalue weighted by Crippen LogP contribution is 2.31. The molecule has 3 nitrogen and oxygen atoms in total. The van der Waals surface area contributed by atoms with Gasteiger partial charge in [0.15, 0.2) is 0 Å². The number of hydrogen-bond donors (Lipinski definition) is 1. The van der Waals surface area contributed by atoms with Crippen LogP contribution in [0.1, 0.15) is 57.8 Å². The summed E-state index contributed by atoms with van der Waals surface area (Å²) in [6.07, 6.45) is 10.9. The molecule has 0 aromatic carbocycles. The molecule has 0 radical (unpaired) electrons. The standard InChI is InChI=1S/C14H26N2O/c15-9-10-16(13-7-2-1-3-8-13)14(17)11-12-5-4-6-12/h12-13H,1-11,15H2. The fraction of sp³-hybridized carbons (Fsp3) is 0.929. The van der Waals surface area contributed by atoms with Crippen LogP contribution in [0.4, 0.5) is 0 Å². The summed E-state index contributed by atoms with van der Waals surface area (Å²) in [6, 6.07) is 0.486. The number of carbonyl (C=O) groups is 1. The van der Waals surface area contributed by atoms with Gasteiger partial charge < -0.3 is 10.6 Å². The molecule has 2 aliphatic rings. The van der Waals surface area contributed by atoms with Crippen molar-refractivity contribution in [2.75, 3.05) is 13.1 Å². The van der Waals surface area contributed by atoms with E-state index in [1.54, 1.807) is 0 Å². The van der Waals surface area contributed by atoms with Crippen molar-refractivity contribution in [1.82, 2.24) is 4.90 Å². The van der Waals surface area contributed by atoms with E-state index in [1.165, 1.54) is 51.4 Å². The number of rotatable bonds is 5. The van der Waals surface area contributed by atoms with E-state index in [-0.39, 0.29) is 0 Å². The summed E-state index contributed by atoms with van der Waals surface area (Å²) in [7, 11) is 0. The average molecular weight is 238 g/mol. The zero-order valence-corrected chi connectivity index (χ0v) is 10.9. The molecule has 0 heterocycles. The van der Waals surface area contributed by atoms with Gasteiger partial charge in [-0.2, -0.15) is 0 Å². The van der Waals surface area contributed by atoms with E-state index in [0.717, 1.165) is 13.0 Å². The van der Waals surface area contributed by atoms with Crippen LogP contribution in [0.5, 0.6) is 0 Å². The summed E-state index contributed by atoms with van der Waals surface area (Å²) < 4.78 is 0. The SMILES string of the molecule is NCCN(C(=O)CC1CCC1)C1CCCCC1. The average Bonchev–Trinajstić information content (AvgIpc) is 2.31. The van der Waals surface area contributed by atoms with Crippen LogP contribution in [0.15, 0.2) is 0 Å². The molecule has 0 atom stereocenters. The lowest BCUT2D eigenvalue weighted by Gasteiger charge is -2.36. The Hall–Kier alpha value is -0.570. The predicted octanol–water partition coefficient (Wildman–Crippen LogP) is 2.30. The fourth-order valence-corrected chi connectivity index (χ4v) is 3.10. The van der Waals surface area contributed by atoms with Crippen molar-refractivity contribution >= 4 is 5.91 Å². The van der Waals surface area contributed by atoms with Crippen molar-refractivity contribution in [1.29, 1.82) is 0 Å². The topological polar surface area (TPSA) is 46.3 Å². The molecule has 3 heteroatoms. The van der Waals surface area contributed by atoms with E-state index in [1.807, 2.05) is 0 Å². The third-order valence-electron chi connectivity index (χ3n) is 4.39. The highest BCUT2D eigenvalue weighted by molar-refractivity contribution is 5.77. The van der Waals surface area contributed by atoms with E-state index >= 15 is 0 Å². The van der Waals surface area contributed by atoms with Crippen LogP contribution < -0.4 is 5.73 Å². The first-order valence-corrected chi connectivity index (χ1v) is 7.31. The van der Waals surface area contributed by atoms with Crippen LogP contribution in [-0.4, -0.2) is 29.9 Å². The Kier molecular flexibility index (Phi) is 4.84. The molecule has 2 N–H and O–H groups in total. The van der Waals surface area contributed by atoms with Crippen molar-refractivity contribution < 1.29 is 4.79 Å². The number of nitrogens with two attached hydrogens (primary N) is 1. The Balaban J connectivity index is 1.86. The maximum atomic E-state index is 12.3. The molecule has 0 bridgehead atoms. The Labute approximate surface area is 105 Å². The molecule has 0 saturated heterocycles.